The fourth-order valence-corrected chi connectivity index (χ4v) is 3.26. The number of amides is 1. The summed E-state index contributed by atoms with van der Waals surface area (Å²) in [4.78, 5) is 23.1. The average molecular weight is 295 g/mol. The van der Waals surface area contributed by atoms with E-state index in [0.717, 1.165) is 24.3 Å². The highest BCUT2D eigenvalue weighted by Gasteiger charge is 2.22. The van der Waals surface area contributed by atoms with Crippen LogP contribution in [0.3, 0.4) is 0 Å². The van der Waals surface area contributed by atoms with Crippen molar-refractivity contribution in [3.05, 3.63) is 23.8 Å². The number of methoxy groups -OCH3 is 1. The Balaban J connectivity index is 2.09. The Morgan fingerprint density at radius 3 is 2.65 bits per heavy atom. The zero-order valence-corrected chi connectivity index (χ0v) is 12.0. The van der Waals surface area contributed by atoms with E-state index < -0.39 is 5.97 Å². The lowest BCUT2D eigenvalue weighted by Gasteiger charge is -2.20. The maximum atomic E-state index is 12.1. The highest BCUT2D eigenvalue weighted by atomic mass is 32.2. The van der Waals surface area contributed by atoms with Gasteiger partial charge in [-0.2, -0.15) is 11.8 Å². The van der Waals surface area contributed by atoms with Crippen molar-refractivity contribution in [2.75, 3.05) is 23.9 Å². The van der Waals surface area contributed by atoms with Crippen LogP contribution < -0.4 is 10.1 Å². The predicted octanol–water partition coefficient (Wildman–Crippen LogP) is 2.48. The Labute approximate surface area is 121 Å². The maximum absolute atomic E-state index is 12.1. The zero-order valence-electron chi connectivity index (χ0n) is 11.2. The molecule has 0 saturated carbocycles. The van der Waals surface area contributed by atoms with Crippen molar-refractivity contribution in [1.82, 2.24) is 0 Å². The van der Waals surface area contributed by atoms with Gasteiger partial charge < -0.3 is 15.2 Å². The molecule has 6 heteroatoms. The van der Waals surface area contributed by atoms with Crippen molar-refractivity contribution in [1.29, 1.82) is 0 Å². The second-order valence-corrected chi connectivity index (χ2v) is 5.82. The number of carbonyl (C=O) groups is 2. The molecule has 2 rings (SSSR count). The third-order valence-corrected chi connectivity index (χ3v) is 4.34. The Bertz CT molecular complexity index is 512. The lowest BCUT2D eigenvalue weighted by molar-refractivity contribution is -0.120. The summed E-state index contributed by atoms with van der Waals surface area (Å²) in [6.07, 6.45) is 1.78. The summed E-state index contributed by atoms with van der Waals surface area (Å²) in [7, 11) is 1.41. The Hall–Kier alpha value is -1.69. The van der Waals surface area contributed by atoms with Gasteiger partial charge in [0, 0.05) is 17.7 Å². The number of hydrogen-bond donors (Lipinski definition) is 2. The molecule has 0 aliphatic carbocycles. The molecule has 20 heavy (non-hydrogen) atoms. The summed E-state index contributed by atoms with van der Waals surface area (Å²) in [6, 6.07) is 4.56. The van der Waals surface area contributed by atoms with Crippen molar-refractivity contribution >= 4 is 29.3 Å². The molecule has 0 unspecified atom stereocenters. The fraction of sp³-hybridized carbons (Fsp3) is 0.429. The van der Waals surface area contributed by atoms with Crippen LogP contribution in [-0.4, -0.2) is 35.6 Å². The summed E-state index contributed by atoms with van der Waals surface area (Å²) < 4.78 is 5.04. The number of thioether (sulfide) groups is 1. The number of aromatic carboxylic acids is 1. The first kappa shape index (κ1) is 14.7. The number of hydrogen-bond acceptors (Lipinski definition) is 4. The molecule has 1 aromatic rings. The van der Waals surface area contributed by atoms with E-state index in [0.29, 0.717) is 5.69 Å². The van der Waals surface area contributed by atoms with Crippen LogP contribution in [0, 0.1) is 5.92 Å². The van der Waals surface area contributed by atoms with Crippen LogP contribution in [0.25, 0.3) is 0 Å². The van der Waals surface area contributed by atoms with Crippen LogP contribution in [0.2, 0.25) is 0 Å². The van der Waals surface area contributed by atoms with Gasteiger partial charge in [0.05, 0.1) is 7.11 Å². The van der Waals surface area contributed by atoms with E-state index in [4.69, 9.17) is 9.84 Å². The van der Waals surface area contributed by atoms with Crippen molar-refractivity contribution in [3.8, 4) is 5.75 Å². The third kappa shape index (κ3) is 3.45. The standard InChI is InChI=1S/C14H17NO4S/c1-19-12-8-10(2-3-11(12)14(17)18)15-13(16)9-4-6-20-7-5-9/h2-3,8-9H,4-7H2,1H3,(H,15,16)(H,17,18). The molecule has 0 atom stereocenters. The summed E-state index contributed by atoms with van der Waals surface area (Å²) in [5.74, 6) is 1.26. The maximum Gasteiger partial charge on any atom is 0.339 e. The second-order valence-electron chi connectivity index (χ2n) is 4.60. The average Bonchev–Trinajstić information content (AvgIpc) is 2.47. The molecular formula is C14H17NO4S. The molecule has 108 valence electrons. The summed E-state index contributed by atoms with van der Waals surface area (Å²) in [5.41, 5.74) is 0.648. The largest absolute Gasteiger partial charge is 0.496 e. The molecule has 1 amide bonds. The molecule has 0 aromatic heterocycles. The van der Waals surface area contributed by atoms with E-state index in [1.54, 1.807) is 12.1 Å². The predicted molar refractivity (Wildman–Crippen MR) is 78.6 cm³/mol. The monoisotopic (exact) mass is 295 g/mol. The number of ether oxygens (including phenoxy) is 1. The Kier molecular flexibility index (Phi) is 4.89. The van der Waals surface area contributed by atoms with Crippen molar-refractivity contribution in [2.24, 2.45) is 5.92 Å². The van der Waals surface area contributed by atoms with E-state index in [2.05, 4.69) is 5.32 Å². The molecule has 1 aromatic carbocycles. The van der Waals surface area contributed by atoms with E-state index in [1.807, 2.05) is 11.8 Å². The molecule has 5 nitrogen and oxygen atoms in total. The van der Waals surface area contributed by atoms with Gasteiger partial charge in [-0.15, -0.1) is 0 Å². The minimum Gasteiger partial charge on any atom is -0.496 e. The molecule has 0 spiro atoms. The normalized spacial score (nSPS) is 15.7. The molecule has 1 aliphatic heterocycles. The minimum atomic E-state index is -1.05. The Morgan fingerprint density at radius 2 is 2.05 bits per heavy atom. The van der Waals surface area contributed by atoms with Crippen LogP contribution in [0.4, 0.5) is 5.69 Å². The van der Waals surface area contributed by atoms with E-state index >= 15 is 0 Å². The van der Waals surface area contributed by atoms with Gasteiger partial charge in [0.25, 0.3) is 0 Å². The number of nitrogens with one attached hydrogen (secondary N) is 1. The van der Waals surface area contributed by atoms with Gasteiger partial charge in [0.1, 0.15) is 11.3 Å². The van der Waals surface area contributed by atoms with E-state index in [1.165, 1.54) is 13.2 Å². The van der Waals surface area contributed by atoms with Gasteiger partial charge in [-0.3, -0.25) is 4.79 Å². The topological polar surface area (TPSA) is 75.6 Å². The first-order chi connectivity index (χ1) is 9.61. The van der Waals surface area contributed by atoms with E-state index in [-0.39, 0.29) is 23.1 Å². The van der Waals surface area contributed by atoms with Crippen LogP contribution in [0.5, 0.6) is 5.75 Å². The molecule has 0 bridgehead atoms. The van der Waals surface area contributed by atoms with Crippen molar-refractivity contribution in [3.63, 3.8) is 0 Å². The van der Waals surface area contributed by atoms with Gasteiger partial charge in [-0.25, -0.2) is 4.79 Å². The number of rotatable bonds is 4. The number of benzene rings is 1. The summed E-state index contributed by atoms with van der Waals surface area (Å²) in [6.45, 7) is 0. The number of carbonyl (C=O) groups excluding carboxylic acids is 1. The van der Waals surface area contributed by atoms with Crippen LogP contribution >= 0.6 is 11.8 Å². The summed E-state index contributed by atoms with van der Waals surface area (Å²) in [5, 5.41) is 11.8. The number of carboxylic acid groups (broad SMARTS) is 1. The van der Waals surface area contributed by atoms with Gasteiger partial charge in [0.15, 0.2) is 0 Å². The molecule has 1 saturated heterocycles. The van der Waals surface area contributed by atoms with Crippen LogP contribution in [-0.2, 0) is 4.79 Å². The second kappa shape index (κ2) is 6.65. The van der Waals surface area contributed by atoms with Crippen molar-refractivity contribution < 1.29 is 19.4 Å². The lowest BCUT2D eigenvalue weighted by atomic mass is 10.0. The van der Waals surface area contributed by atoms with Gasteiger partial charge in [-0.1, -0.05) is 0 Å². The first-order valence-electron chi connectivity index (χ1n) is 6.41. The molecule has 1 fully saturated rings. The number of carboxylic acids is 1. The fourth-order valence-electron chi connectivity index (χ4n) is 2.15. The quantitative estimate of drug-likeness (QED) is 0.892. The van der Waals surface area contributed by atoms with Gasteiger partial charge >= 0.3 is 5.97 Å². The van der Waals surface area contributed by atoms with Crippen LogP contribution in [0.15, 0.2) is 18.2 Å². The van der Waals surface area contributed by atoms with Gasteiger partial charge in [0.2, 0.25) is 5.91 Å². The zero-order chi connectivity index (χ0) is 14.5. The molecule has 1 heterocycles. The molecular weight excluding hydrogens is 278 g/mol. The first-order valence-corrected chi connectivity index (χ1v) is 7.57. The number of anilines is 1. The highest BCUT2D eigenvalue weighted by Crippen LogP contribution is 2.26. The SMILES string of the molecule is COc1cc(NC(=O)C2CCSCC2)ccc1C(=O)O. The smallest absolute Gasteiger partial charge is 0.339 e. The minimum absolute atomic E-state index is 0.00423. The molecule has 1 aliphatic rings. The highest BCUT2D eigenvalue weighted by molar-refractivity contribution is 7.99. The molecule has 0 radical (unpaired) electrons. The molecule has 2 N–H and O–H groups in total. The van der Waals surface area contributed by atoms with Gasteiger partial charge in [-0.05, 0) is 36.5 Å². The van der Waals surface area contributed by atoms with Crippen molar-refractivity contribution in [2.45, 2.75) is 12.8 Å². The van der Waals surface area contributed by atoms with Crippen LogP contribution in [0.1, 0.15) is 23.2 Å². The third-order valence-electron chi connectivity index (χ3n) is 3.29. The summed E-state index contributed by atoms with van der Waals surface area (Å²) >= 11 is 1.87. The Morgan fingerprint density at radius 1 is 1.35 bits per heavy atom. The lowest BCUT2D eigenvalue weighted by Crippen LogP contribution is -2.26. The van der Waals surface area contributed by atoms with E-state index in [9.17, 15) is 9.59 Å².